The standard InChI is InChI=1S/C25H22FN3O2S/c1-25(21-11-18(14-32-21)17-8-15(13-27)9-19(26)10-17)12-22(28)29(2)24(30)23(25)16-4-6-20(31-3)7-5-16/h4-11,14,23,28H,12H2,1-3H3/t23-,25-/m1/s1. The summed E-state index contributed by atoms with van der Waals surface area (Å²) in [5.41, 5.74) is 1.86. The first-order valence-electron chi connectivity index (χ1n) is 10.1. The van der Waals surface area contributed by atoms with E-state index in [1.807, 2.05) is 48.7 Å². The molecule has 3 aromatic rings. The summed E-state index contributed by atoms with van der Waals surface area (Å²) < 4.78 is 19.2. The molecular weight excluding hydrogens is 425 g/mol. The number of likely N-dealkylation sites (tertiary alicyclic amines) is 1. The number of nitrogens with one attached hydrogen (secondary N) is 1. The van der Waals surface area contributed by atoms with Crippen LogP contribution in [-0.4, -0.2) is 30.8 Å². The highest BCUT2D eigenvalue weighted by atomic mass is 32.1. The second-order valence-electron chi connectivity index (χ2n) is 8.18. The first-order valence-corrected chi connectivity index (χ1v) is 10.9. The molecule has 1 amide bonds. The van der Waals surface area contributed by atoms with Gasteiger partial charge in [0.2, 0.25) is 5.91 Å². The van der Waals surface area contributed by atoms with Gasteiger partial charge in [-0.3, -0.25) is 10.2 Å². The van der Waals surface area contributed by atoms with Crippen molar-refractivity contribution in [2.45, 2.75) is 24.7 Å². The van der Waals surface area contributed by atoms with Crippen LogP contribution in [0.3, 0.4) is 0 Å². The number of nitrogens with zero attached hydrogens (tertiary/aromatic N) is 2. The molecule has 32 heavy (non-hydrogen) atoms. The van der Waals surface area contributed by atoms with Gasteiger partial charge in [0, 0.05) is 23.8 Å². The fraction of sp³-hybridized carbons (Fsp3) is 0.240. The van der Waals surface area contributed by atoms with Crippen molar-refractivity contribution >= 4 is 23.1 Å². The number of thiophene rings is 1. The number of hydrogen-bond donors (Lipinski definition) is 1. The zero-order valence-corrected chi connectivity index (χ0v) is 18.8. The number of hydrogen-bond acceptors (Lipinski definition) is 5. The van der Waals surface area contributed by atoms with Gasteiger partial charge in [-0.2, -0.15) is 5.26 Å². The summed E-state index contributed by atoms with van der Waals surface area (Å²) in [5, 5.41) is 19.5. The van der Waals surface area contributed by atoms with E-state index in [1.54, 1.807) is 20.2 Å². The maximum atomic E-state index is 14.0. The van der Waals surface area contributed by atoms with E-state index in [-0.39, 0.29) is 17.3 Å². The number of ether oxygens (including phenoxy) is 1. The molecular formula is C25H22FN3O2S. The van der Waals surface area contributed by atoms with E-state index < -0.39 is 17.2 Å². The lowest BCUT2D eigenvalue weighted by atomic mass is 9.67. The number of amidine groups is 1. The third-order valence-corrected chi connectivity index (χ3v) is 7.34. The minimum absolute atomic E-state index is 0.138. The number of benzene rings is 2. The first-order chi connectivity index (χ1) is 15.3. The molecule has 1 N–H and O–H groups in total. The van der Waals surface area contributed by atoms with Crippen LogP contribution in [0.15, 0.2) is 53.9 Å². The highest BCUT2D eigenvalue weighted by molar-refractivity contribution is 7.10. The summed E-state index contributed by atoms with van der Waals surface area (Å²) in [5.74, 6) is -0.125. The van der Waals surface area contributed by atoms with Crippen LogP contribution in [0.5, 0.6) is 5.75 Å². The van der Waals surface area contributed by atoms with E-state index in [2.05, 4.69) is 0 Å². The van der Waals surface area contributed by atoms with Crippen molar-refractivity contribution in [3.05, 3.63) is 75.7 Å². The van der Waals surface area contributed by atoms with E-state index in [9.17, 15) is 14.4 Å². The van der Waals surface area contributed by atoms with Gasteiger partial charge in [-0.05, 0) is 58.5 Å². The summed E-state index contributed by atoms with van der Waals surface area (Å²) in [4.78, 5) is 15.7. The summed E-state index contributed by atoms with van der Waals surface area (Å²) in [6.07, 6.45) is 0.387. The highest BCUT2D eigenvalue weighted by Crippen LogP contribution is 2.49. The van der Waals surface area contributed by atoms with Crippen molar-refractivity contribution in [1.29, 1.82) is 10.7 Å². The maximum absolute atomic E-state index is 14.0. The molecule has 2 atom stereocenters. The van der Waals surface area contributed by atoms with Gasteiger partial charge < -0.3 is 9.64 Å². The molecule has 1 fully saturated rings. The molecule has 0 bridgehead atoms. The summed E-state index contributed by atoms with van der Waals surface area (Å²) >= 11 is 1.48. The molecule has 0 saturated carbocycles. The number of halogens is 1. The molecule has 0 unspecified atom stereocenters. The Balaban J connectivity index is 1.80. The fourth-order valence-corrected chi connectivity index (χ4v) is 5.42. The van der Waals surface area contributed by atoms with Crippen molar-refractivity contribution in [1.82, 2.24) is 4.90 Å². The number of likely N-dealkylation sites (N-methyl/N-ethyl adjacent to an activating group) is 1. The molecule has 1 aliphatic rings. The van der Waals surface area contributed by atoms with Crippen molar-refractivity contribution < 1.29 is 13.9 Å². The van der Waals surface area contributed by atoms with E-state index in [0.29, 0.717) is 17.7 Å². The predicted molar refractivity (Wildman–Crippen MR) is 123 cm³/mol. The Kier molecular flexibility index (Phi) is 5.57. The van der Waals surface area contributed by atoms with Crippen LogP contribution in [0, 0.1) is 22.6 Å². The molecule has 1 aliphatic heterocycles. The highest BCUT2D eigenvalue weighted by Gasteiger charge is 2.49. The first kappa shape index (κ1) is 21.7. The minimum atomic E-state index is -0.649. The number of methoxy groups -OCH3 is 1. The van der Waals surface area contributed by atoms with Crippen LogP contribution in [0.4, 0.5) is 4.39 Å². The van der Waals surface area contributed by atoms with E-state index in [4.69, 9.17) is 10.1 Å². The van der Waals surface area contributed by atoms with Gasteiger partial charge in [-0.1, -0.05) is 19.1 Å². The number of rotatable bonds is 4. The SMILES string of the molecule is COc1ccc([C@@H]2C(=O)N(C)C(=N)C[C@]2(C)c2cc(-c3cc(F)cc(C#N)c3)cs2)cc1. The zero-order valence-electron chi connectivity index (χ0n) is 18.0. The second kappa shape index (κ2) is 8.21. The monoisotopic (exact) mass is 447 g/mol. The van der Waals surface area contributed by atoms with Crippen LogP contribution < -0.4 is 4.74 Å². The van der Waals surface area contributed by atoms with Crippen molar-refractivity contribution in [3.63, 3.8) is 0 Å². The molecule has 0 aliphatic carbocycles. The Hall–Kier alpha value is -3.50. The zero-order chi connectivity index (χ0) is 23.0. The van der Waals surface area contributed by atoms with Gasteiger partial charge in [-0.15, -0.1) is 11.3 Å². The second-order valence-corrected chi connectivity index (χ2v) is 9.10. The third kappa shape index (κ3) is 3.67. The largest absolute Gasteiger partial charge is 0.497 e. The molecule has 5 nitrogen and oxygen atoms in total. The van der Waals surface area contributed by atoms with Crippen molar-refractivity contribution in [3.8, 4) is 22.9 Å². The third-order valence-electron chi connectivity index (χ3n) is 6.13. The lowest BCUT2D eigenvalue weighted by molar-refractivity contribution is -0.131. The quantitative estimate of drug-likeness (QED) is 0.588. The molecule has 162 valence electrons. The van der Waals surface area contributed by atoms with Crippen LogP contribution in [0.2, 0.25) is 0 Å². The topological polar surface area (TPSA) is 77.2 Å². The number of carbonyl (C=O) groups is 1. The molecule has 2 aromatic carbocycles. The lowest BCUT2D eigenvalue weighted by Gasteiger charge is -2.44. The predicted octanol–water partition coefficient (Wildman–Crippen LogP) is 5.32. The Morgan fingerprint density at radius 2 is 1.94 bits per heavy atom. The molecule has 7 heteroatoms. The van der Waals surface area contributed by atoms with Crippen molar-refractivity contribution in [2.75, 3.05) is 14.2 Å². The molecule has 4 rings (SSSR count). The Bertz CT molecular complexity index is 1240. The molecule has 0 radical (unpaired) electrons. The number of amides is 1. The average molecular weight is 448 g/mol. The van der Waals surface area contributed by atoms with E-state index in [0.717, 1.165) is 16.0 Å². The Morgan fingerprint density at radius 3 is 2.59 bits per heavy atom. The van der Waals surface area contributed by atoms with Gasteiger partial charge in [0.1, 0.15) is 17.4 Å². The van der Waals surface area contributed by atoms with E-state index >= 15 is 0 Å². The normalized spacial score (nSPS) is 20.8. The molecule has 1 saturated heterocycles. The fourth-order valence-electron chi connectivity index (χ4n) is 4.31. The smallest absolute Gasteiger partial charge is 0.236 e. The minimum Gasteiger partial charge on any atom is -0.497 e. The van der Waals surface area contributed by atoms with Gasteiger partial charge in [0.25, 0.3) is 0 Å². The Labute approximate surface area is 190 Å². The van der Waals surface area contributed by atoms with Crippen LogP contribution in [0.25, 0.3) is 11.1 Å². The number of carbonyl (C=O) groups excluding carboxylic acids is 1. The van der Waals surface area contributed by atoms with Crippen molar-refractivity contribution in [2.24, 2.45) is 0 Å². The van der Waals surface area contributed by atoms with Crippen LogP contribution in [0.1, 0.15) is 35.3 Å². The van der Waals surface area contributed by atoms with Crippen LogP contribution in [-0.2, 0) is 10.2 Å². The van der Waals surface area contributed by atoms with Gasteiger partial charge in [0.15, 0.2) is 0 Å². The molecule has 0 spiro atoms. The summed E-state index contributed by atoms with van der Waals surface area (Å²) in [7, 11) is 3.23. The molecule has 1 aromatic heterocycles. The summed E-state index contributed by atoms with van der Waals surface area (Å²) in [6, 6.07) is 15.6. The Morgan fingerprint density at radius 1 is 1.22 bits per heavy atom. The van der Waals surface area contributed by atoms with Gasteiger partial charge in [-0.25, -0.2) is 4.39 Å². The van der Waals surface area contributed by atoms with Crippen LogP contribution >= 0.6 is 11.3 Å². The summed E-state index contributed by atoms with van der Waals surface area (Å²) in [6.45, 7) is 2.00. The number of piperidine rings is 1. The molecule has 2 heterocycles. The lowest BCUT2D eigenvalue weighted by Crippen LogP contribution is -2.51. The van der Waals surface area contributed by atoms with E-state index in [1.165, 1.54) is 28.4 Å². The average Bonchev–Trinajstić information content (AvgIpc) is 3.29. The number of nitriles is 1. The van der Waals surface area contributed by atoms with Gasteiger partial charge in [0.05, 0.1) is 24.7 Å². The van der Waals surface area contributed by atoms with Gasteiger partial charge >= 0.3 is 0 Å². The maximum Gasteiger partial charge on any atom is 0.236 e.